The van der Waals surface area contributed by atoms with Crippen LogP contribution in [0.25, 0.3) is 17.4 Å². The summed E-state index contributed by atoms with van der Waals surface area (Å²) in [6, 6.07) is 18.0. The van der Waals surface area contributed by atoms with Gasteiger partial charge in [0.2, 0.25) is 5.91 Å². The van der Waals surface area contributed by atoms with Crippen molar-refractivity contribution in [2.24, 2.45) is 0 Å². The SMILES string of the molecule is Cc1cc(C=CC(=O)NCc2nnc3ccccn23)c(C)n1-c1ccccc1. The fourth-order valence-corrected chi connectivity index (χ4v) is 3.33. The molecule has 28 heavy (non-hydrogen) atoms. The van der Waals surface area contributed by atoms with Gasteiger partial charge in [-0.25, -0.2) is 0 Å². The lowest BCUT2D eigenvalue weighted by molar-refractivity contribution is -0.116. The summed E-state index contributed by atoms with van der Waals surface area (Å²) in [5.74, 6) is 0.525. The zero-order valence-corrected chi connectivity index (χ0v) is 15.8. The summed E-state index contributed by atoms with van der Waals surface area (Å²) < 4.78 is 4.04. The van der Waals surface area contributed by atoms with Gasteiger partial charge in [-0.3, -0.25) is 9.20 Å². The van der Waals surface area contributed by atoms with E-state index in [2.05, 4.69) is 52.1 Å². The highest BCUT2D eigenvalue weighted by Crippen LogP contribution is 2.21. The topological polar surface area (TPSA) is 64.2 Å². The van der Waals surface area contributed by atoms with Crippen molar-refractivity contribution in [3.8, 4) is 5.69 Å². The molecule has 0 aliphatic rings. The molecule has 0 aliphatic heterocycles. The van der Waals surface area contributed by atoms with E-state index in [1.54, 1.807) is 6.08 Å². The van der Waals surface area contributed by atoms with Gasteiger partial charge in [0.05, 0.1) is 6.54 Å². The predicted molar refractivity (Wildman–Crippen MR) is 109 cm³/mol. The minimum atomic E-state index is -0.169. The van der Waals surface area contributed by atoms with Gasteiger partial charge in [-0.05, 0) is 55.8 Å². The summed E-state index contributed by atoms with van der Waals surface area (Å²) in [7, 11) is 0. The average molecular weight is 371 g/mol. The van der Waals surface area contributed by atoms with Gasteiger partial charge >= 0.3 is 0 Å². The summed E-state index contributed by atoms with van der Waals surface area (Å²) in [6.45, 7) is 4.44. The first-order valence-corrected chi connectivity index (χ1v) is 9.12. The number of aryl methyl sites for hydroxylation is 1. The first kappa shape index (κ1) is 17.7. The van der Waals surface area contributed by atoms with Crippen LogP contribution in [0.4, 0.5) is 0 Å². The van der Waals surface area contributed by atoms with Crippen LogP contribution in [-0.4, -0.2) is 25.1 Å². The third-order valence-corrected chi connectivity index (χ3v) is 4.70. The number of pyridine rings is 1. The summed E-state index contributed by atoms with van der Waals surface area (Å²) in [5.41, 5.74) is 5.11. The third-order valence-electron chi connectivity index (χ3n) is 4.70. The van der Waals surface area contributed by atoms with Gasteiger partial charge in [-0.15, -0.1) is 10.2 Å². The summed E-state index contributed by atoms with van der Waals surface area (Å²) in [5, 5.41) is 11.1. The lowest BCUT2D eigenvalue weighted by atomic mass is 10.2. The third kappa shape index (κ3) is 3.44. The van der Waals surface area contributed by atoms with E-state index in [1.165, 1.54) is 0 Å². The van der Waals surface area contributed by atoms with Gasteiger partial charge in [0.15, 0.2) is 11.5 Å². The molecule has 0 bridgehead atoms. The quantitative estimate of drug-likeness (QED) is 0.547. The number of hydrogen-bond acceptors (Lipinski definition) is 3. The predicted octanol–water partition coefficient (Wildman–Crippen LogP) is 3.47. The Kier molecular flexibility index (Phi) is 4.76. The van der Waals surface area contributed by atoms with Gasteiger partial charge in [0, 0.05) is 29.3 Å². The van der Waals surface area contributed by atoms with Crippen LogP contribution in [0.1, 0.15) is 22.8 Å². The van der Waals surface area contributed by atoms with E-state index >= 15 is 0 Å². The fourth-order valence-electron chi connectivity index (χ4n) is 3.33. The molecule has 3 heterocycles. The molecule has 1 amide bonds. The standard InChI is InChI=1S/C22H21N5O/c1-16-14-18(17(2)27(16)19-8-4-3-5-9-19)11-12-22(28)23-15-21-25-24-20-10-6-7-13-26(20)21/h3-14H,15H2,1-2H3,(H,23,28). The number of nitrogens with one attached hydrogen (secondary N) is 1. The van der Waals surface area contributed by atoms with Crippen LogP contribution in [0.5, 0.6) is 0 Å². The maximum Gasteiger partial charge on any atom is 0.244 e. The Morgan fingerprint density at radius 2 is 1.86 bits per heavy atom. The van der Waals surface area contributed by atoms with Gasteiger partial charge in [0.1, 0.15) is 0 Å². The van der Waals surface area contributed by atoms with Crippen molar-refractivity contribution in [2.45, 2.75) is 20.4 Å². The molecule has 1 N–H and O–H groups in total. The van der Waals surface area contributed by atoms with Crippen molar-refractivity contribution in [3.05, 3.63) is 89.6 Å². The highest BCUT2D eigenvalue weighted by molar-refractivity contribution is 5.91. The number of amides is 1. The highest BCUT2D eigenvalue weighted by atomic mass is 16.1. The average Bonchev–Trinajstić information content (AvgIpc) is 3.25. The van der Waals surface area contributed by atoms with Crippen molar-refractivity contribution in [3.63, 3.8) is 0 Å². The smallest absolute Gasteiger partial charge is 0.244 e. The van der Waals surface area contributed by atoms with Crippen LogP contribution >= 0.6 is 0 Å². The second-order valence-electron chi connectivity index (χ2n) is 6.59. The number of fused-ring (bicyclic) bond motifs is 1. The molecule has 0 radical (unpaired) electrons. The van der Waals surface area contributed by atoms with E-state index in [9.17, 15) is 4.79 Å². The molecule has 0 aliphatic carbocycles. The van der Waals surface area contributed by atoms with E-state index in [4.69, 9.17) is 0 Å². The van der Waals surface area contributed by atoms with E-state index in [0.717, 1.165) is 28.3 Å². The zero-order valence-electron chi connectivity index (χ0n) is 15.8. The molecule has 4 rings (SSSR count). The number of aromatic nitrogens is 4. The van der Waals surface area contributed by atoms with Gasteiger partial charge < -0.3 is 9.88 Å². The number of carbonyl (C=O) groups excluding carboxylic acids is 1. The van der Waals surface area contributed by atoms with Crippen LogP contribution in [0.2, 0.25) is 0 Å². The summed E-state index contributed by atoms with van der Waals surface area (Å²) in [6.07, 6.45) is 5.28. The number of hydrogen-bond donors (Lipinski definition) is 1. The van der Waals surface area contributed by atoms with Crippen molar-refractivity contribution >= 4 is 17.6 Å². The Bertz CT molecular complexity index is 1150. The first-order chi connectivity index (χ1) is 13.6. The first-order valence-electron chi connectivity index (χ1n) is 9.12. The van der Waals surface area contributed by atoms with Crippen LogP contribution in [-0.2, 0) is 11.3 Å². The Morgan fingerprint density at radius 1 is 1.07 bits per heavy atom. The molecule has 0 fully saturated rings. The zero-order chi connectivity index (χ0) is 19.5. The van der Waals surface area contributed by atoms with E-state index in [0.29, 0.717) is 12.4 Å². The minimum absolute atomic E-state index is 0.169. The highest BCUT2D eigenvalue weighted by Gasteiger charge is 2.09. The molecule has 0 spiro atoms. The number of benzene rings is 1. The number of carbonyl (C=O) groups is 1. The molecule has 140 valence electrons. The van der Waals surface area contributed by atoms with Crippen LogP contribution < -0.4 is 5.32 Å². The maximum absolute atomic E-state index is 12.3. The van der Waals surface area contributed by atoms with Gasteiger partial charge in [-0.2, -0.15) is 0 Å². The van der Waals surface area contributed by atoms with Crippen LogP contribution in [0, 0.1) is 13.8 Å². The summed E-state index contributed by atoms with van der Waals surface area (Å²) in [4.78, 5) is 12.3. The molecule has 1 aromatic carbocycles. The lowest BCUT2D eigenvalue weighted by Crippen LogP contribution is -2.21. The van der Waals surface area contributed by atoms with E-state index < -0.39 is 0 Å². The fraction of sp³-hybridized carbons (Fsp3) is 0.136. The molecule has 4 aromatic rings. The monoisotopic (exact) mass is 371 g/mol. The van der Waals surface area contributed by atoms with E-state index in [1.807, 2.05) is 53.1 Å². The molecule has 3 aromatic heterocycles. The molecule has 0 unspecified atom stereocenters. The second kappa shape index (κ2) is 7.52. The second-order valence-corrected chi connectivity index (χ2v) is 6.59. The number of rotatable bonds is 5. The van der Waals surface area contributed by atoms with Crippen molar-refractivity contribution in [1.29, 1.82) is 0 Å². The lowest BCUT2D eigenvalue weighted by Gasteiger charge is -2.09. The largest absolute Gasteiger partial charge is 0.345 e. The minimum Gasteiger partial charge on any atom is -0.345 e. The van der Waals surface area contributed by atoms with Crippen LogP contribution in [0.3, 0.4) is 0 Å². The Hall–Kier alpha value is -3.67. The normalized spacial score (nSPS) is 11.4. The van der Waals surface area contributed by atoms with E-state index in [-0.39, 0.29) is 5.91 Å². The molecule has 6 heteroatoms. The Balaban J connectivity index is 1.46. The van der Waals surface area contributed by atoms with Gasteiger partial charge in [0.25, 0.3) is 0 Å². The molecule has 0 atom stereocenters. The van der Waals surface area contributed by atoms with Crippen molar-refractivity contribution < 1.29 is 4.79 Å². The maximum atomic E-state index is 12.3. The van der Waals surface area contributed by atoms with Crippen molar-refractivity contribution in [2.75, 3.05) is 0 Å². The molecule has 0 saturated carbocycles. The number of nitrogens with zero attached hydrogens (tertiary/aromatic N) is 4. The Labute approximate surface area is 163 Å². The number of para-hydroxylation sites is 1. The summed E-state index contributed by atoms with van der Waals surface area (Å²) >= 11 is 0. The molecular formula is C22H21N5O. The van der Waals surface area contributed by atoms with Crippen LogP contribution in [0.15, 0.2) is 66.9 Å². The molecule has 6 nitrogen and oxygen atoms in total. The molecule has 0 saturated heterocycles. The van der Waals surface area contributed by atoms with Crippen molar-refractivity contribution in [1.82, 2.24) is 24.5 Å². The Morgan fingerprint density at radius 3 is 2.68 bits per heavy atom. The van der Waals surface area contributed by atoms with Gasteiger partial charge in [-0.1, -0.05) is 24.3 Å². The molecular weight excluding hydrogens is 350 g/mol.